The Kier molecular flexibility index (Phi) is 6.20. The van der Waals surface area contributed by atoms with Gasteiger partial charge < -0.3 is 10.1 Å². The molecular weight excluding hydrogens is 222 g/mol. The maximum atomic E-state index is 6.02. The van der Waals surface area contributed by atoms with Crippen LogP contribution in [-0.4, -0.2) is 19.7 Å². The SMILES string of the molecule is CCC(C)c1ccc(OC(CNC)C(C)C)cc1. The standard InChI is InChI=1S/C16H27NO/c1-6-13(4)14-7-9-15(10-8-14)18-16(11-17-5)12(2)3/h7-10,12-13,16-17H,6,11H2,1-5H3. The molecule has 0 amide bonds. The van der Waals surface area contributed by atoms with Gasteiger partial charge in [0.05, 0.1) is 0 Å². The summed E-state index contributed by atoms with van der Waals surface area (Å²) in [5.74, 6) is 2.10. The van der Waals surface area contributed by atoms with Crippen molar-refractivity contribution in [3.8, 4) is 5.75 Å². The highest BCUT2D eigenvalue weighted by atomic mass is 16.5. The number of hydrogen-bond acceptors (Lipinski definition) is 2. The maximum absolute atomic E-state index is 6.02. The summed E-state index contributed by atoms with van der Waals surface area (Å²) >= 11 is 0. The van der Waals surface area contributed by atoms with Crippen molar-refractivity contribution in [2.75, 3.05) is 13.6 Å². The lowest BCUT2D eigenvalue weighted by atomic mass is 9.99. The summed E-state index contributed by atoms with van der Waals surface area (Å²) < 4.78 is 6.02. The van der Waals surface area contributed by atoms with Gasteiger partial charge in [-0.3, -0.25) is 0 Å². The van der Waals surface area contributed by atoms with Gasteiger partial charge in [-0.15, -0.1) is 0 Å². The molecule has 0 fully saturated rings. The summed E-state index contributed by atoms with van der Waals surface area (Å²) in [5.41, 5.74) is 1.39. The van der Waals surface area contributed by atoms with Crippen molar-refractivity contribution in [1.29, 1.82) is 0 Å². The molecule has 102 valence electrons. The first-order chi connectivity index (χ1) is 8.58. The van der Waals surface area contributed by atoms with Crippen LogP contribution >= 0.6 is 0 Å². The smallest absolute Gasteiger partial charge is 0.119 e. The van der Waals surface area contributed by atoms with E-state index in [1.165, 1.54) is 12.0 Å². The van der Waals surface area contributed by atoms with E-state index in [1.54, 1.807) is 0 Å². The first-order valence-electron chi connectivity index (χ1n) is 6.99. The molecule has 0 radical (unpaired) electrons. The minimum absolute atomic E-state index is 0.226. The zero-order valence-corrected chi connectivity index (χ0v) is 12.4. The Morgan fingerprint density at radius 3 is 2.17 bits per heavy atom. The topological polar surface area (TPSA) is 21.3 Å². The minimum atomic E-state index is 0.226. The molecule has 2 atom stereocenters. The zero-order chi connectivity index (χ0) is 13.5. The second-order valence-corrected chi connectivity index (χ2v) is 5.34. The predicted octanol–water partition coefficient (Wildman–Crippen LogP) is 3.82. The Labute approximate surface area is 112 Å². The molecule has 0 aliphatic heterocycles. The molecule has 2 nitrogen and oxygen atoms in total. The van der Waals surface area contributed by atoms with E-state index in [4.69, 9.17) is 4.74 Å². The molecule has 1 N–H and O–H groups in total. The average Bonchev–Trinajstić information content (AvgIpc) is 2.38. The summed E-state index contributed by atoms with van der Waals surface area (Å²) in [6, 6.07) is 8.54. The summed E-state index contributed by atoms with van der Waals surface area (Å²) in [5, 5.41) is 3.18. The van der Waals surface area contributed by atoms with Crippen LogP contribution in [0.3, 0.4) is 0 Å². The van der Waals surface area contributed by atoms with Crippen LogP contribution in [0.25, 0.3) is 0 Å². The highest BCUT2D eigenvalue weighted by Gasteiger charge is 2.14. The fraction of sp³-hybridized carbons (Fsp3) is 0.625. The molecule has 18 heavy (non-hydrogen) atoms. The van der Waals surface area contributed by atoms with Crippen LogP contribution < -0.4 is 10.1 Å². The van der Waals surface area contributed by atoms with E-state index in [-0.39, 0.29) is 6.10 Å². The quantitative estimate of drug-likeness (QED) is 0.793. The summed E-state index contributed by atoms with van der Waals surface area (Å²) in [6.07, 6.45) is 1.40. The third-order valence-electron chi connectivity index (χ3n) is 3.50. The van der Waals surface area contributed by atoms with E-state index < -0.39 is 0 Å². The summed E-state index contributed by atoms with van der Waals surface area (Å²) in [6.45, 7) is 9.74. The number of hydrogen-bond donors (Lipinski definition) is 1. The Balaban J connectivity index is 2.67. The lowest BCUT2D eigenvalue weighted by Crippen LogP contribution is -2.33. The fourth-order valence-corrected chi connectivity index (χ4v) is 1.90. The van der Waals surface area contributed by atoms with Crippen LogP contribution in [0.2, 0.25) is 0 Å². The molecule has 0 heterocycles. The number of ether oxygens (including phenoxy) is 1. The summed E-state index contributed by atoms with van der Waals surface area (Å²) in [4.78, 5) is 0. The average molecular weight is 249 g/mol. The van der Waals surface area contributed by atoms with Crippen LogP contribution in [0.1, 0.15) is 45.6 Å². The highest BCUT2D eigenvalue weighted by Crippen LogP contribution is 2.22. The molecule has 0 spiro atoms. The van der Waals surface area contributed by atoms with E-state index in [9.17, 15) is 0 Å². The van der Waals surface area contributed by atoms with E-state index in [1.807, 2.05) is 7.05 Å². The van der Waals surface area contributed by atoms with Crippen molar-refractivity contribution >= 4 is 0 Å². The molecule has 1 rings (SSSR count). The van der Waals surface area contributed by atoms with Gasteiger partial charge in [0.1, 0.15) is 11.9 Å². The number of nitrogens with one attached hydrogen (secondary N) is 1. The maximum Gasteiger partial charge on any atom is 0.119 e. The lowest BCUT2D eigenvalue weighted by Gasteiger charge is -2.22. The molecule has 0 aromatic heterocycles. The van der Waals surface area contributed by atoms with Gasteiger partial charge in [0.25, 0.3) is 0 Å². The molecule has 0 saturated heterocycles. The van der Waals surface area contributed by atoms with Crippen LogP contribution in [0.4, 0.5) is 0 Å². The number of likely N-dealkylation sites (N-methyl/N-ethyl adjacent to an activating group) is 1. The molecule has 1 aromatic carbocycles. The molecule has 0 bridgehead atoms. The molecule has 2 unspecified atom stereocenters. The normalized spacial score (nSPS) is 14.6. The van der Waals surface area contributed by atoms with Crippen molar-refractivity contribution in [1.82, 2.24) is 5.32 Å². The van der Waals surface area contributed by atoms with Gasteiger partial charge >= 0.3 is 0 Å². The Hall–Kier alpha value is -1.02. The fourth-order valence-electron chi connectivity index (χ4n) is 1.90. The third kappa shape index (κ3) is 4.34. The number of benzene rings is 1. The Morgan fingerprint density at radius 2 is 1.72 bits per heavy atom. The number of rotatable bonds is 7. The monoisotopic (exact) mass is 249 g/mol. The van der Waals surface area contributed by atoms with Crippen LogP contribution in [0, 0.1) is 5.92 Å². The van der Waals surface area contributed by atoms with Gasteiger partial charge in [0.2, 0.25) is 0 Å². The first kappa shape index (κ1) is 15.0. The second kappa shape index (κ2) is 7.42. The van der Waals surface area contributed by atoms with Crippen molar-refractivity contribution < 1.29 is 4.74 Å². The van der Waals surface area contributed by atoms with Crippen LogP contribution in [0.15, 0.2) is 24.3 Å². The minimum Gasteiger partial charge on any atom is -0.489 e. The molecule has 1 aromatic rings. The van der Waals surface area contributed by atoms with Crippen LogP contribution in [-0.2, 0) is 0 Å². The van der Waals surface area contributed by atoms with E-state index in [0.717, 1.165) is 12.3 Å². The van der Waals surface area contributed by atoms with E-state index in [2.05, 4.69) is 57.3 Å². The highest BCUT2D eigenvalue weighted by molar-refractivity contribution is 5.29. The molecule has 0 aliphatic rings. The Bertz CT molecular complexity index is 331. The van der Waals surface area contributed by atoms with Gasteiger partial charge in [-0.2, -0.15) is 0 Å². The van der Waals surface area contributed by atoms with Gasteiger partial charge in [-0.05, 0) is 43.0 Å². The Morgan fingerprint density at radius 1 is 1.11 bits per heavy atom. The van der Waals surface area contributed by atoms with Crippen molar-refractivity contribution in [3.63, 3.8) is 0 Å². The van der Waals surface area contributed by atoms with Crippen LogP contribution in [0.5, 0.6) is 5.75 Å². The predicted molar refractivity (Wildman–Crippen MR) is 78.3 cm³/mol. The third-order valence-corrected chi connectivity index (χ3v) is 3.50. The van der Waals surface area contributed by atoms with E-state index in [0.29, 0.717) is 11.8 Å². The van der Waals surface area contributed by atoms with Crippen molar-refractivity contribution in [2.45, 2.75) is 46.1 Å². The van der Waals surface area contributed by atoms with Gasteiger partial charge in [0, 0.05) is 6.54 Å². The van der Waals surface area contributed by atoms with E-state index >= 15 is 0 Å². The van der Waals surface area contributed by atoms with Crippen molar-refractivity contribution in [2.24, 2.45) is 5.92 Å². The first-order valence-corrected chi connectivity index (χ1v) is 6.99. The van der Waals surface area contributed by atoms with Gasteiger partial charge in [-0.1, -0.05) is 39.8 Å². The molecular formula is C16H27NO. The van der Waals surface area contributed by atoms with Gasteiger partial charge in [0.15, 0.2) is 0 Å². The largest absolute Gasteiger partial charge is 0.489 e. The van der Waals surface area contributed by atoms with Gasteiger partial charge in [-0.25, -0.2) is 0 Å². The summed E-state index contributed by atoms with van der Waals surface area (Å²) in [7, 11) is 1.96. The molecule has 2 heteroatoms. The molecule has 0 saturated carbocycles. The lowest BCUT2D eigenvalue weighted by molar-refractivity contribution is 0.151. The molecule has 0 aliphatic carbocycles. The zero-order valence-electron chi connectivity index (χ0n) is 12.4. The van der Waals surface area contributed by atoms with Crippen molar-refractivity contribution in [3.05, 3.63) is 29.8 Å². The second-order valence-electron chi connectivity index (χ2n) is 5.34.